The van der Waals surface area contributed by atoms with E-state index in [0.29, 0.717) is 0 Å². The van der Waals surface area contributed by atoms with Crippen LogP contribution in [-0.4, -0.2) is 22.0 Å². The van der Waals surface area contributed by atoms with Crippen LogP contribution in [0.1, 0.15) is 44.2 Å². The molecule has 4 aliphatic rings. The molecule has 0 radical (unpaired) electrons. The molecule has 2 aromatic carbocycles. The summed E-state index contributed by atoms with van der Waals surface area (Å²) in [5, 5.41) is 0. The van der Waals surface area contributed by atoms with Gasteiger partial charge < -0.3 is 0 Å². The van der Waals surface area contributed by atoms with Gasteiger partial charge in [0.1, 0.15) is 0 Å². The second kappa shape index (κ2) is 8.19. The third-order valence-electron chi connectivity index (χ3n) is 7.73. The molecule has 4 heteroatoms. The smallest absolute Gasteiger partial charge is 0.0618 e. The van der Waals surface area contributed by atoms with Crippen molar-refractivity contribution in [1.29, 1.82) is 0 Å². The first-order chi connectivity index (χ1) is 16.0. The maximum atomic E-state index is 2.53. The SMILES string of the molecule is CSc1ccc(C2=CC3=C4CCCC4=C4C=C(c5ccc(SC)cc5)S[C@@]4(C)[C@]3(C)S2)cc1. The Hall–Kier alpha value is -1.20. The van der Waals surface area contributed by atoms with Gasteiger partial charge in [-0.05, 0) is 115 Å². The van der Waals surface area contributed by atoms with Gasteiger partial charge in [-0.2, -0.15) is 0 Å². The van der Waals surface area contributed by atoms with E-state index in [4.69, 9.17) is 0 Å². The van der Waals surface area contributed by atoms with E-state index in [2.05, 4.69) is 111 Å². The maximum Gasteiger partial charge on any atom is 0.0618 e. The second-order valence-corrected chi connectivity index (χ2v) is 14.1. The fourth-order valence-corrected chi connectivity index (χ4v) is 9.74. The Kier molecular flexibility index (Phi) is 5.53. The lowest BCUT2D eigenvalue weighted by atomic mass is 9.72. The molecule has 0 unspecified atom stereocenters. The highest BCUT2D eigenvalue weighted by molar-refractivity contribution is 8.14. The van der Waals surface area contributed by atoms with E-state index in [1.54, 1.807) is 22.3 Å². The third-order valence-corrected chi connectivity index (χ3v) is 12.6. The van der Waals surface area contributed by atoms with Gasteiger partial charge in [-0.1, -0.05) is 24.3 Å². The molecule has 168 valence electrons. The largest absolute Gasteiger partial charge is 0.130 e. The molecule has 1 saturated carbocycles. The highest BCUT2D eigenvalue weighted by Crippen LogP contribution is 2.70. The number of allylic oxidation sites excluding steroid dienone is 4. The number of hydrogen-bond acceptors (Lipinski definition) is 4. The molecule has 0 N–H and O–H groups in total. The van der Waals surface area contributed by atoms with E-state index in [1.807, 2.05) is 23.5 Å². The van der Waals surface area contributed by atoms with Gasteiger partial charge in [0.2, 0.25) is 0 Å². The van der Waals surface area contributed by atoms with E-state index in [-0.39, 0.29) is 9.49 Å². The van der Waals surface area contributed by atoms with E-state index in [1.165, 1.54) is 50.0 Å². The summed E-state index contributed by atoms with van der Waals surface area (Å²) in [5.41, 5.74) is 9.18. The van der Waals surface area contributed by atoms with Crippen LogP contribution in [0, 0.1) is 0 Å². The molecule has 0 spiro atoms. The van der Waals surface area contributed by atoms with Crippen molar-refractivity contribution >= 4 is 56.9 Å². The Morgan fingerprint density at radius 2 is 1.03 bits per heavy atom. The standard InChI is InChI=1S/C29H28S4/c1-28-24(16-26(32-28)18-8-12-20(30-3)13-9-18)22-6-5-7-23(22)25-17-27(33-29(25,28)2)19-10-14-21(31-4)15-11-19/h8-17H,5-7H2,1-4H3/t28-,29-/m1/s1. The summed E-state index contributed by atoms with van der Waals surface area (Å²) in [6.07, 6.45) is 13.1. The van der Waals surface area contributed by atoms with Gasteiger partial charge in [-0.25, -0.2) is 0 Å². The molecule has 0 aromatic heterocycles. The molecular formula is C29H28S4. The molecule has 2 heterocycles. The lowest BCUT2D eigenvalue weighted by Crippen LogP contribution is -2.47. The van der Waals surface area contributed by atoms with Crippen LogP contribution >= 0.6 is 47.0 Å². The van der Waals surface area contributed by atoms with Crippen molar-refractivity contribution in [2.45, 2.75) is 52.4 Å². The van der Waals surface area contributed by atoms with Crippen molar-refractivity contribution in [1.82, 2.24) is 0 Å². The highest BCUT2D eigenvalue weighted by atomic mass is 32.2. The van der Waals surface area contributed by atoms with E-state index >= 15 is 0 Å². The normalized spacial score (nSPS) is 28.0. The Morgan fingerprint density at radius 1 is 0.636 bits per heavy atom. The molecule has 0 nitrogen and oxygen atoms in total. The second-order valence-electron chi connectivity index (χ2n) is 9.38. The zero-order valence-corrected chi connectivity index (χ0v) is 22.8. The van der Waals surface area contributed by atoms with E-state index in [0.717, 1.165) is 0 Å². The number of benzene rings is 2. The van der Waals surface area contributed by atoms with Gasteiger partial charge >= 0.3 is 0 Å². The number of fused-ring (bicyclic) bond motifs is 4. The van der Waals surface area contributed by atoms with Gasteiger partial charge in [0.05, 0.1) is 9.49 Å². The summed E-state index contributed by atoms with van der Waals surface area (Å²) >= 11 is 7.81. The summed E-state index contributed by atoms with van der Waals surface area (Å²) < 4.78 is 0.0856. The van der Waals surface area contributed by atoms with Gasteiger partial charge in [0.25, 0.3) is 0 Å². The Morgan fingerprint density at radius 3 is 1.39 bits per heavy atom. The summed E-state index contributed by atoms with van der Waals surface area (Å²) in [5.74, 6) is 0. The molecule has 33 heavy (non-hydrogen) atoms. The number of thioether (sulfide) groups is 4. The molecule has 2 aliphatic carbocycles. The minimum atomic E-state index is 0.0428. The molecule has 0 bridgehead atoms. The first-order valence-corrected chi connectivity index (χ1v) is 15.6. The number of rotatable bonds is 4. The van der Waals surface area contributed by atoms with Crippen molar-refractivity contribution in [3.63, 3.8) is 0 Å². The zero-order valence-electron chi connectivity index (χ0n) is 19.5. The average Bonchev–Trinajstić information content (AvgIpc) is 3.55. The summed E-state index contributed by atoms with van der Waals surface area (Å²) in [7, 11) is 0. The monoisotopic (exact) mass is 504 g/mol. The Labute approximate surface area is 214 Å². The van der Waals surface area contributed by atoms with Crippen LogP contribution in [0.4, 0.5) is 0 Å². The predicted octanol–water partition coefficient (Wildman–Crippen LogP) is 9.31. The maximum absolute atomic E-state index is 2.53. The lowest BCUT2D eigenvalue weighted by molar-refractivity contribution is 0.607. The van der Waals surface area contributed by atoms with Crippen molar-refractivity contribution in [2.75, 3.05) is 12.5 Å². The molecule has 6 rings (SSSR count). The van der Waals surface area contributed by atoms with Crippen LogP contribution in [0.25, 0.3) is 9.81 Å². The first kappa shape index (κ1) is 22.3. The van der Waals surface area contributed by atoms with Crippen LogP contribution in [0.15, 0.2) is 92.8 Å². The molecule has 2 aromatic rings. The van der Waals surface area contributed by atoms with Crippen LogP contribution in [0.5, 0.6) is 0 Å². The van der Waals surface area contributed by atoms with Crippen molar-refractivity contribution in [3.8, 4) is 0 Å². The minimum Gasteiger partial charge on any atom is -0.130 e. The molecule has 2 aliphatic heterocycles. The third kappa shape index (κ3) is 3.31. The van der Waals surface area contributed by atoms with Crippen molar-refractivity contribution < 1.29 is 0 Å². The molecule has 0 amide bonds. The molecule has 0 saturated heterocycles. The first-order valence-electron chi connectivity index (χ1n) is 11.5. The van der Waals surface area contributed by atoms with E-state index < -0.39 is 0 Å². The highest BCUT2D eigenvalue weighted by Gasteiger charge is 2.59. The van der Waals surface area contributed by atoms with Crippen molar-refractivity contribution in [3.05, 3.63) is 94.1 Å². The van der Waals surface area contributed by atoms with Crippen LogP contribution in [-0.2, 0) is 0 Å². The van der Waals surface area contributed by atoms with Crippen LogP contribution in [0.2, 0.25) is 0 Å². The van der Waals surface area contributed by atoms with Gasteiger partial charge in [0, 0.05) is 19.6 Å². The molecular weight excluding hydrogens is 477 g/mol. The van der Waals surface area contributed by atoms with Crippen LogP contribution < -0.4 is 0 Å². The van der Waals surface area contributed by atoms with Gasteiger partial charge in [-0.15, -0.1) is 47.0 Å². The van der Waals surface area contributed by atoms with Crippen molar-refractivity contribution in [2.24, 2.45) is 0 Å². The van der Waals surface area contributed by atoms with Gasteiger partial charge in [-0.3, -0.25) is 0 Å². The summed E-state index contributed by atoms with van der Waals surface area (Å²) in [4.78, 5) is 5.52. The molecule has 2 atom stereocenters. The summed E-state index contributed by atoms with van der Waals surface area (Å²) in [6.45, 7) is 5.02. The average molecular weight is 505 g/mol. The zero-order chi connectivity index (χ0) is 22.8. The lowest BCUT2D eigenvalue weighted by Gasteiger charge is -2.47. The molecule has 1 fully saturated rings. The fraction of sp³-hybridized carbons (Fsp3) is 0.310. The quantitative estimate of drug-likeness (QED) is 0.380. The Bertz CT molecular complexity index is 1160. The summed E-state index contributed by atoms with van der Waals surface area (Å²) in [6, 6.07) is 18.3. The van der Waals surface area contributed by atoms with E-state index in [9.17, 15) is 0 Å². The topological polar surface area (TPSA) is 0 Å². The minimum absolute atomic E-state index is 0.0428. The van der Waals surface area contributed by atoms with Gasteiger partial charge in [0.15, 0.2) is 0 Å². The number of hydrogen-bond donors (Lipinski definition) is 0. The van der Waals surface area contributed by atoms with Crippen LogP contribution in [0.3, 0.4) is 0 Å². The fourth-order valence-electron chi connectivity index (χ4n) is 5.74. The Balaban J connectivity index is 1.44. The predicted molar refractivity (Wildman–Crippen MR) is 152 cm³/mol.